The van der Waals surface area contributed by atoms with Crippen LogP contribution in [0.5, 0.6) is 0 Å². The molecule has 0 saturated heterocycles. The highest BCUT2D eigenvalue weighted by atomic mass is 79.9. The molecule has 0 aromatic heterocycles. The zero-order chi connectivity index (χ0) is 9.84. The molecule has 0 aliphatic heterocycles. The monoisotopic (exact) mass is 324 g/mol. The molecule has 0 bridgehead atoms. The van der Waals surface area contributed by atoms with E-state index in [1.807, 2.05) is 12.1 Å². The van der Waals surface area contributed by atoms with Gasteiger partial charge >= 0.3 is 0 Å². The average Bonchev–Trinajstić information content (AvgIpc) is 2.09. The third-order valence-electron chi connectivity index (χ3n) is 1.84. The first-order chi connectivity index (χ1) is 6.15. The van der Waals surface area contributed by atoms with Crippen molar-refractivity contribution in [3.8, 4) is 0 Å². The summed E-state index contributed by atoms with van der Waals surface area (Å²) in [6, 6.07) is 6.09. The van der Waals surface area contributed by atoms with Gasteiger partial charge in [-0.2, -0.15) is 0 Å². The summed E-state index contributed by atoms with van der Waals surface area (Å²) in [4.78, 5) is 0. The summed E-state index contributed by atoms with van der Waals surface area (Å²) in [5.74, 6) is 0. The van der Waals surface area contributed by atoms with Crippen molar-refractivity contribution >= 4 is 43.5 Å². The number of hydrogen-bond acceptors (Lipinski definition) is 0. The predicted molar refractivity (Wildman–Crippen MR) is 65.3 cm³/mol. The van der Waals surface area contributed by atoms with Crippen molar-refractivity contribution in [3.63, 3.8) is 0 Å². The second-order valence-electron chi connectivity index (χ2n) is 2.92. The lowest BCUT2D eigenvalue weighted by molar-refractivity contribution is 0.767. The maximum atomic E-state index is 6.23. The Kier molecular flexibility index (Phi) is 4.77. The Hall–Kier alpha value is 0.470. The molecule has 1 unspecified atom stereocenters. The fourth-order valence-electron chi connectivity index (χ4n) is 1.16. The molecular weight excluding hydrogens is 315 g/mol. The number of alkyl halides is 1. The number of benzene rings is 1. The van der Waals surface area contributed by atoms with E-state index in [9.17, 15) is 0 Å². The summed E-state index contributed by atoms with van der Waals surface area (Å²) in [6.07, 6.45) is 2.11. The molecule has 0 fully saturated rings. The van der Waals surface area contributed by atoms with Gasteiger partial charge in [0.05, 0.1) is 5.38 Å². The van der Waals surface area contributed by atoms with Gasteiger partial charge in [-0.3, -0.25) is 0 Å². The highest BCUT2D eigenvalue weighted by Crippen LogP contribution is 2.33. The summed E-state index contributed by atoms with van der Waals surface area (Å²) >= 11 is 13.2. The molecule has 1 aromatic rings. The number of halogens is 3. The Labute approximate surface area is 101 Å². The second kappa shape index (κ2) is 5.38. The van der Waals surface area contributed by atoms with Crippen molar-refractivity contribution in [1.29, 1.82) is 0 Å². The van der Waals surface area contributed by atoms with Gasteiger partial charge in [0.25, 0.3) is 0 Å². The van der Waals surface area contributed by atoms with Crippen molar-refractivity contribution in [2.45, 2.75) is 25.1 Å². The first kappa shape index (κ1) is 11.5. The molecular formula is C10H11Br2Cl. The van der Waals surface area contributed by atoms with Gasteiger partial charge in [-0.25, -0.2) is 0 Å². The normalized spacial score (nSPS) is 12.9. The Bertz CT molecular complexity index is 286. The van der Waals surface area contributed by atoms with Crippen LogP contribution in [0.2, 0.25) is 0 Å². The molecule has 0 spiro atoms. The maximum Gasteiger partial charge on any atom is 0.0596 e. The van der Waals surface area contributed by atoms with E-state index in [-0.39, 0.29) is 5.38 Å². The van der Waals surface area contributed by atoms with Gasteiger partial charge in [0.1, 0.15) is 0 Å². The van der Waals surface area contributed by atoms with Crippen molar-refractivity contribution in [1.82, 2.24) is 0 Å². The largest absolute Gasteiger partial charge is 0.118 e. The third kappa shape index (κ3) is 3.26. The summed E-state index contributed by atoms with van der Waals surface area (Å²) in [6.45, 7) is 2.14. The molecule has 1 rings (SSSR count). The topological polar surface area (TPSA) is 0 Å². The molecule has 1 aromatic carbocycles. The lowest BCUT2D eigenvalue weighted by atomic mass is 10.1. The standard InChI is InChI=1S/C10H11Br2Cl/c1-2-3-10(13)8-6-7(11)4-5-9(8)12/h4-6,10H,2-3H2,1H3. The van der Waals surface area contributed by atoms with Crippen LogP contribution in [0.15, 0.2) is 27.1 Å². The Balaban J connectivity index is 2.91. The van der Waals surface area contributed by atoms with Crippen LogP contribution in [0.3, 0.4) is 0 Å². The zero-order valence-electron chi connectivity index (χ0n) is 7.36. The fraction of sp³-hybridized carbons (Fsp3) is 0.400. The molecule has 0 N–H and O–H groups in total. The van der Waals surface area contributed by atoms with Crippen molar-refractivity contribution in [2.24, 2.45) is 0 Å². The Morgan fingerprint density at radius 3 is 2.69 bits per heavy atom. The number of hydrogen-bond donors (Lipinski definition) is 0. The minimum absolute atomic E-state index is 0.108. The van der Waals surface area contributed by atoms with E-state index >= 15 is 0 Å². The van der Waals surface area contributed by atoms with Crippen molar-refractivity contribution in [3.05, 3.63) is 32.7 Å². The SMILES string of the molecule is CCCC(Cl)c1cc(Br)ccc1Br. The van der Waals surface area contributed by atoms with Crippen LogP contribution in [0.25, 0.3) is 0 Å². The molecule has 72 valence electrons. The Morgan fingerprint density at radius 2 is 2.08 bits per heavy atom. The molecule has 13 heavy (non-hydrogen) atoms. The first-order valence-electron chi connectivity index (χ1n) is 4.24. The molecule has 0 heterocycles. The molecule has 1 atom stereocenters. The van der Waals surface area contributed by atoms with Gasteiger partial charge in [0.2, 0.25) is 0 Å². The second-order valence-corrected chi connectivity index (χ2v) is 5.22. The smallest absolute Gasteiger partial charge is 0.0596 e. The molecule has 0 nitrogen and oxygen atoms in total. The van der Waals surface area contributed by atoms with Crippen LogP contribution < -0.4 is 0 Å². The lowest BCUT2D eigenvalue weighted by Gasteiger charge is -2.10. The average molecular weight is 326 g/mol. The molecule has 0 radical (unpaired) electrons. The van der Waals surface area contributed by atoms with Gasteiger partial charge in [0.15, 0.2) is 0 Å². The van der Waals surface area contributed by atoms with Gasteiger partial charge in [-0.1, -0.05) is 45.2 Å². The van der Waals surface area contributed by atoms with Gasteiger partial charge < -0.3 is 0 Å². The zero-order valence-corrected chi connectivity index (χ0v) is 11.3. The van der Waals surface area contributed by atoms with Crippen LogP contribution in [0.4, 0.5) is 0 Å². The van der Waals surface area contributed by atoms with Crippen molar-refractivity contribution < 1.29 is 0 Å². The van der Waals surface area contributed by atoms with E-state index in [0.29, 0.717) is 0 Å². The van der Waals surface area contributed by atoms with Crippen LogP contribution in [-0.4, -0.2) is 0 Å². The van der Waals surface area contributed by atoms with Gasteiger partial charge in [-0.05, 0) is 30.2 Å². The summed E-state index contributed by atoms with van der Waals surface area (Å²) < 4.78 is 2.16. The van der Waals surface area contributed by atoms with E-state index in [1.165, 1.54) is 0 Å². The summed E-state index contributed by atoms with van der Waals surface area (Å²) in [5, 5.41) is 0.108. The fourth-order valence-corrected chi connectivity index (χ4v) is 2.60. The molecule has 0 saturated carbocycles. The quantitative estimate of drug-likeness (QED) is 0.662. The molecule has 3 heteroatoms. The minimum atomic E-state index is 0.108. The highest BCUT2D eigenvalue weighted by molar-refractivity contribution is 9.11. The van der Waals surface area contributed by atoms with E-state index < -0.39 is 0 Å². The lowest BCUT2D eigenvalue weighted by Crippen LogP contribution is -1.91. The number of rotatable bonds is 3. The first-order valence-corrected chi connectivity index (χ1v) is 6.26. The maximum absolute atomic E-state index is 6.23. The van der Waals surface area contributed by atoms with E-state index in [0.717, 1.165) is 27.4 Å². The van der Waals surface area contributed by atoms with Crippen LogP contribution in [-0.2, 0) is 0 Å². The van der Waals surface area contributed by atoms with E-state index in [2.05, 4.69) is 44.8 Å². The van der Waals surface area contributed by atoms with Crippen LogP contribution >= 0.6 is 43.5 Å². The van der Waals surface area contributed by atoms with E-state index in [4.69, 9.17) is 11.6 Å². The molecule has 0 amide bonds. The van der Waals surface area contributed by atoms with Gasteiger partial charge in [0, 0.05) is 8.95 Å². The molecule has 0 aliphatic carbocycles. The van der Waals surface area contributed by atoms with E-state index in [1.54, 1.807) is 0 Å². The van der Waals surface area contributed by atoms with Crippen molar-refractivity contribution in [2.75, 3.05) is 0 Å². The third-order valence-corrected chi connectivity index (χ3v) is 3.51. The van der Waals surface area contributed by atoms with Crippen LogP contribution in [0, 0.1) is 0 Å². The van der Waals surface area contributed by atoms with Crippen LogP contribution in [0.1, 0.15) is 30.7 Å². The van der Waals surface area contributed by atoms with Gasteiger partial charge in [-0.15, -0.1) is 11.6 Å². The molecule has 0 aliphatic rings. The predicted octanol–water partition coefficient (Wildman–Crippen LogP) is 5.29. The Morgan fingerprint density at radius 1 is 1.38 bits per heavy atom. The summed E-state index contributed by atoms with van der Waals surface area (Å²) in [5.41, 5.74) is 1.16. The summed E-state index contributed by atoms with van der Waals surface area (Å²) in [7, 11) is 0. The highest BCUT2D eigenvalue weighted by Gasteiger charge is 2.10. The minimum Gasteiger partial charge on any atom is -0.118 e.